The Bertz CT molecular complexity index is 508. The van der Waals surface area contributed by atoms with Gasteiger partial charge < -0.3 is 10.2 Å². The Hall–Kier alpha value is -1.13. The molecule has 0 saturated carbocycles. The number of carbonyl (C=O) groups excluding carboxylic acids is 1. The molecule has 0 bridgehead atoms. The average molecular weight is 283 g/mol. The minimum Gasteiger partial charge on any atom is -0.336 e. The summed E-state index contributed by atoms with van der Waals surface area (Å²) < 4.78 is 13.4. The molecule has 3 rings (SSSR count). The molecule has 3 nitrogen and oxygen atoms in total. The molecule has 5 heteroatoms. The highest BCUT2D eigenvalue weighted by Gasteiger charge is 2.41. The molecule has 2 aliphatic heterocycles. The number of benzene rings is 1. The summed E-state index contributed by atoms with van der Waals surface area (Å²) in [7, 11) is 0. The Labute approximate surface area is 116 Å². The van der Waals surface area contributed by atoms with Crippen molar-refractivity contribution in [3.63, 3.8) is 0 Å². The average Bonchev–Trinajstić information content (AvgIpc) is 2.72. The molecule has 2 saturated heterocycles. The second kappa shape index (κ2) is 5.10. The van der Waals surface area contributed by atoms with Gasteiger partial charge in [-0.2, -0.15) is 0 Å². The number of nitrogens with zero attached hydrogens (tertiary/aromatic N) is 1. The van der Waals surface area contributed by atoms with Crippen LogP contribution in [0.5, 0.6) is 0 Å². The van der Waals surface area contributed by atoms with E-state index >= 15 is 0 Å². The Balaban J connectivity index is 1.73. The normalized spacial score (nSPS) is 26.6. The highest BCUT2D eigenvalue weighted by molar-refractivity contribution is 6.30. The molecule has 102 valence electrons. The van der Waals surface area contributed by atoms with Crippen molar-refractivity contribution in [2.45, 2.75) is 25.4 Å². The van der Waals surface area contributed by atoms with Crippen LogP contribution in [0.4, 0.5) is 4.39 Å². The topological polar surface area (TPSA) is 32.3 Å². The molecule has 2 heterocycles. The number of hydrogen-bond donors (Lipinski definition) is 1. The minimum absolute atomic E-state index is 0.103. The maximum absolute atomic E-state index is 13.4. The Morgan fingerprint density at radius 2 is 2.32 bits per heavy atom. The van der Waals surface area contributed by atoms with Crippen molar-refractivity contribution in [3.8, 4) is 0 Å². The van der Waals surface area contributed by atoms with Crippen LogP contribution in [0.2, 0.25) is 5.02 Å². The molecule has 0 aliphatic carbocycles. The number of carbonyl (C=O) groups is 1. The van der Waals surface area contributed by atoms with E-state index in [2.05, 4.69) is 5.32 Å². The number of amides is 1. The van der Waals surface area contributed by atoms with Crippen LogP contribution in [0.3, 0.4) is 0 Å². The molecule has 1 aromatic rings. The van der Waals surface area contributed by atoms with Gasteiger partial charge in [0, 0.05) is 19.1 Å². The molecule has 0 radical (unpaired) electrons. The lowest BCUT2D eigenvalue weighted by molar-refractivity contribution is -0.131. The van der Waals surface area contributed by atoms with Gasteiger partial charge in [-0.05, 0) is 37.1 Å². The molecule has 0 aromatic heterocycles. The van der Waals surface area contributed by atoms with Crippen LogP contribution in [0.15, 0.2) is 18.2 Å². The van der Waals surface area contributed by atoms with Gasteiger partial charge in [0.25, 0.3) is 0 Å². The lowest BCUT2D eigenvalue weighted by atomic mass is 9.94. The van der Waals surface area contributed by atoms with Crippen molar-refractivity contribution >= 4 is 17.5 Å². The Morgan fingerprint density at radius 3 is 3.05 bits per heavy atom. The van der Waals surface area contributed by atoms with Crippen molar-refractivity contribution in [1.82, 2.24) is 10.2 Å². The van der Waals surface area contributed by atoms with E-state index in [1.165, 1.54) is 12.1 Å². The van der Waals surface area contributed by atoms with Crippen molar-refractivity contribution in [2.75, 3.05) is 13.1 Å². The first kappa shape index (κ1) is 12.9. The third kappa shape index (κ3) is 2.47. The smallest absolute Gasteiger partial charge is 0.227 e. The van der Waals surface area contributed by atoms with Gasteiger partial charge >= 0.3 is 0 Å². The van der Waals surface area contributed by atoms with Crippen LogP contribution < -0.4 is 5.32 Å². The second-order valence-electron chi connectivity index (χ2n) is 5.28. The Morgan fingerprint density at radius 1 is 1.47 bits per heavy atom. The fourth-order valence-corrected chi connectivity index (χ4v) is 3.12. The number of hydrogen-bond acceptors (Lipinski definition) is 2. The molecule has 1 aromatic carbocycles. The molecular weight excluding hydrogens is 267 g/mol. The van der Waals surface area contributed by atoms with E-state index in [0.29, 0.717) is 13.1 Å². The summed E-state index contributed by atoms with van der Waals surface area (Å²) in [6.45, 7) is 2.16. The van der Waals surface area contributed by atoms with Crippen LogP contribution >= 0.6 is 11.6 Å². The van der Waals surface area contributed by atoms with Gasteiger partial charge in [-0.25, -0.2) is 4.39 Å². The van der Waals surface area contributed by atoms with Gasteiger partial charge in [0.05, 0.1) is 10.9 Å². The van der Waals surface area contributed by atoms with Crippen molar-refractivity contribution in [3.05, 3.63) is 34.6 Å². The zero-order chi connectivity index (χ0) is 13.4. The zero-order valence-corrected chi connectivity index (χ0v) is 11.3. The van der Waals surface area contributed by atoms with Crippen molar-refractivity contribution < 1.29 is 9.18 Å². The second-order valence-corrected chi connectivity index (χ2v) is 5.68. The van der Waals surface area contributed by atoms with Crippen molar-refractivity contribution in [1.29, 1.82) is 0 Å². The van der Waals surface area contributed by atoms with E-state index in [9.17, 15) is 9.18 Å². The monoisotopic (exact) mass is 282 g/mol. The van der Waals surface area contributed by atoms with Crippen LogP contribution in [0, 0.1) is 11.7 Å². The number of rotatable bonds is 2. The summed E-state index contributed by atoms with van der Waals surface area (Å²) in [6, 6.07) is 4.98. The maximum atomic E-state index is 13.4. The van der Waals surface area contributed by atoms with Crippen molar-refractivity contribution in [2.24, 2.45) is 5.92 Å². The first-order chi connectivity index (χ1) is 9.15. The highest BCUT2D eigenvalue weighted by Crippen LogP contribution is 2.28. The van der Waals surface area contributed by atoms with E-state index in [1.54, 1.807) is 6.07 Å². The number of fused-ring (bicyclic) bond motifs is 1. The first-order valence-electron chi connectivity index (χ1n) is 6.61. The maximum Gasteiger partial charge on any atom is 0.227 e. The van der Waals surface area contributed by atoms with Crippen LogP contribution in [-0.2, 0) is 11.3 Å². The molecule has 2 atom stereocenters. The lowest BCUT2D eigenvalue weighted by Gasteiger charge is -2.23. The van der Waals surface area contributed by atoms with E-state index in [0.717, 1.165) is 24.9 Å². The third-order valence-electron chi connectivity index (χ3n) is 3.99. The molecular formula is C14H16ClFN2O. The summed E-state index contributed by atoms with van der Waals surface area (Å²) in [6.07, 6.45) is 2.01. The standard InChI is InChI=1S/C14H16ClFN2O/c15-11-4-3-9(6-12(11)16)7-18-8-13-10(14(18)19)2-1-5-17-13/h3-4,6,10,13,17H,1-2,5,7-8H2. The van der Waals surface area contributed by atoms with Gasteiger partial charge in [0.2, 0.25) is 5.91 Å². The zero-order valence-electron chi connectivity index (χ0n) is 10.5. The van der Waals surface area contributed by atoms with Crippen LogP contribution in [0.1, 0.15) is 18.4 Å². The molecule has 2 fully saturated rings. The highest BCUT2D eigenvalue weighted by atomic mass is 35.5. The predicted molar refractivity (Wildman–Crippen MR) is 71.3 cm³/mol. The molecule has 1 N–H and O–H groups in total. The molecule has 2 aliphatic rings. The number of piperidine rings is 1. The van der Waals surface area contributed by atoms with Crippen LogP contribution in [-0.4, -0.2) is 29.9 Å². The predicted octanol–water partition coefficient (Wildman–Crippen LogP) is 2.19. The van der Waals surface area contributed by atoms with E-state index < -0.39 is 5.82 Å². The quantitative estimate of drug-likeness (QED) is 0.902. The largest absolute Gasteiger partial charge is 0.336 e. The number of halogens is 2. The molecule has 1 amide bonds. The fraction of sp³-hybridized carbons (Fsp3) is 0.500. The van der Waals surface area contributed by atoms with E-state index in [4.69, 9.17) is 11.6 Å². The third-order valence-corrected chi connectivity index (χ3v) is 4.29. The van der Waals surface area contributed by atoms with Gasteiger partial charge in [-0.15, -0.1) is 0 Å². The number of nitrogens with one attached hydrogen (secondary N) is 1. The summed E-state index contributed by atoms with van der Waals surface area (Å²) >= 11 is 5.66. The van der Waals surface area contributed by atoms with E-state index in [-0.39, 0.29) is 22.9 Å². The molecule has 0 spiro atoms. The molecule has 2 unspecified atom stereocenters. The SMILES string of the molecule is O=C1C2CCCNC2CN1Cc1ccc(Cl)c(F)c1. The van der Waals surface area contributed by atoms with Gasteiger partial charge in [-0.1, -0.05) is 17.7 Å². The first-order valence-corrected chi connectivity index (χ1v) is 6.99. The Kier molecular flexibility index (Phi) is 3.46. The fourth-order valence-electron chi connectivity index (χ4n) is 3.00. The summed E-state index contributed by atoms with van der Waals surface area (Å²) in [5.41, 5.74) is 0.786. The van der Waals surface area contributed by atoms with Gasteiger partial charge in [0.1, 0.15) is 5.82 Å². The van der Waals surface area contributed by atoms with Gasteiger partial charge in [-0.3, -0.25) is 4.79 Å². The summed E-state index contributed by atoms with van der Waals surface area (Å²) in [5.74, 6) is -0.139. The molecule has 19 heavy (non-hydrogen) atoms. The summed E-state index contributed by atoms with van der Waals surface area (Å²) in [5, 5.41) is 3.51. The minimum atomic E-state index is -0.429. The summed E-state index contributed by atoms with van der Waals surface area (Å²) in [4.78, 5) is 14.1. The lowest BCUT2D eigenvalue weighted by Crippen LogP contribution is -2.41. The van der Waals surface area contributed by atoms with Gasteiger partial charge in [0.15, 0.2) is 0 Å². The van der Waals surface area contributed by atoms with E-state index in [1.807, 2.05) is 4.90 Å². The van der Waals surface area contributed by atoms with Crippen LogP contribution in [0.25, 0.3) is 0 Å². The number of likely N-dealkylation sites (tertiary alicyclic amines) is 1.